The largest absolute Gasteiger partial charge is 0.481 e. The van der Waals surface area contributed by atoms with Gasteiger partial charge < -0.3 is 10.0 Å². The minimum Gasteiger partial charge on any atom is -0.481 e. The molecule has 2 aromatic rings. The Labute approximate surface area is 203 Å². The number of carbonyl (C=O) groups excluding carboxylic acids is 1. The number of benzene rings is 1. The lowest BCUT2D eigenvalue weighted by Crippen LogP contribution is -2.38. The highest BCUT2D eigenvalue weighted by Gasteiger charge is 2.31. The van der Waals surface area contributed by atoms with E-state index in [1.165, 1.54) is 28.7 Å². The summed E-state index contributed by atoms with van der Waals surface area (Å²) < 4.78 is 1.76. The van der Waals surface area contributed by atoms with Crippen molar-refractivity contribution in [2.24, 2.45) is 5.41 Å². The highest BCUT2D eigenvalue weighted by molar-refractivity contribution is 9.10. The van der Waals surface area contributed by atoms with Crippen molar-refractivity contribution >= 4 is 67.8 Å². The van der Waals surface area contributed by atoms with Gasteiger partial charge in [-0.25, -0.2) is 9.78 Å². The maximum absolute atomic E-state index is 12.7. The third-order valence-electron chi connectivity index (χ3n) is 5.54. The van der Waals surface area contributed by atoms with Crippen LogP contribution in [0.25, 0.3) is 0 Å². The second kappa shape index (κ2) is 10.1. The first-order chi connectivity index (χ1) is 14.6. The Kier molecular flexibility index (Phi) is 7.94. The van der Waals surface area contributed by atoms with Crippen LogP contribution in [0.15, 0.2) is 33.1 Å². The van der Waals surface area contributed by atoms with Gasteiger partial charge in [0.2, 0.25) is 0 Å². The number of halogens is 2. The van der Waals surface area contributed by atoms with Crippen LogP contribution in [-0.4, -0.2) is 45.8 Å². The highest BCUT2D eigenvalue weighted by Crippen LogP contribution is 2.39. The van der Waals surface area contributed by atoms with Crippen LogP contribution in [0.4, 0.5) is 9.93 Å². The number of hydrogen-bond donors (Lipinski definition) is 2. The van der Waals surface area contributed by atoms with Gasteiger partial charge in [0, 0.05) is 23.3 Å². The lowest BCUT2D eigenvalue weighted by molar-refractivity contribution is -0.145. The Hall–Kier alpha value is -1.29. The number of urea groups is 1. The fourth-order valence-corrected chi connectivity index (χ4v) is 5.80. The van der Waals surface area contributed by atoms with Crippen LogP contribution in [0.3, 0.4) is 0 Å². The van der Waals surface area contributed by atoms with Crippen molar-refractivity contribution in [3.8, 4) is 0 Å². The molecule has 6 nitrogen and oxygen atoms in total. The molecule has 2 unspecified atom stereocenters. The summed E-state index contributed by atoms with van der Waals surface area (Å²) in [4.78, 5) is 30.0. The summed E-state index contributed by atoms with van der Waals surface area (Å²) in [5.74, 6) is -0.0207. The molecule has 1 heterocycles. The number of nitrogens with zero attached hydrogens (tertiary/aromatic N) is 2. The molecule has 1 fully saturated rings. The lowest BCUT2D eigenvalue weighted by Gasteiger charge is -2.24. The summed E-state index contributed by atoms with van der Waals surface area (Å²) in [5.41, 5.74) is 0.381. The van der Waals surface area contributed by atoms with Gasteiger partial charge in [-0.2, -0.15) is 0 Å². The van der Waals surface area contributed by atoms with Gasteiger partial charge in [0.25, 0.3) is 0 Å². The minimum atomic E-state index is -0.833. The molecule has 1 aromatic carbocycles. The highest BCUT2D eigenvalue weighted by atomic mass is 79.9. The molecule has 0 spiro atoms. The molecule has 0 saturated heterocycles. The van der Waals surface area contributed by atoms with Crippen molar-refractivity contribution in [3.63, 3.8) is 0 Å². The Morgan fingerprint density at radius 1 is 1.42 bits per heavy atom. The quantitative estimate of drug-likeness (QED) is 0.384. The van der Waals surface area contributed by atoms with Crippen molar-refractivity contribution < 1.29 is 14.7 Å². The van der Waals surface area contributed by atoms with Crippen LogP contribution >= 0.6 is 50.6 Å². The number of thiazole rings is 1. The predicted molar refractivity (Wildman–Crippen MR) is 131 cm³/mol. The summed E-state index contributed by atoms with van der Waals surface area (Å²) in [6.45, 7) is 3.39. The van der Waals surface area contributed by atoms with Gasteiger partial charge in [-0.1, -0.05) is 29.0 Å². The fraction of sp³-hybridized carbons (Fsp3) is 0.476. The van der Waals surface area contributed by atoms with Crippen molar-refractivity contribution in [2.75, 3.05) is 18.1 Å². The van der Waals surface area contributed by atoms with Gasteiger partial charge >= 0.3 is 12.0 Å². The molecular weight excluding hydrogens is 522 g/mol. The summed E-state index contributed by atoms with van der Waals surface area (Å²) >= 11 is 12.5. The van der Waals surface area contributed by atoms with Crippen molar-refractivity contribution in [1.29, 1.82) is 0 Å². The van der Waals surface area contributed by atoms with E-state index in [-0.39, 0.29) is 12.1 Å². The number of carboxylic acids is 1. The number of hydrogen-bond acceptors (Lipinski definition) is 5. The van der Waals surface area contributed by atoms with Gasteiger partial charge in [-0.15, -0.1) is 11.8 Å². The third kappa shape index (κ3) is 6.15. The van der Waals surface area contributed by atoms with E-state index in [0.717, 1.165) is 27.9 Å². The molecule has 10 heteroatoms. The molecule has 1 aliphatic rings. The van der Waals surface area contributed by atoms with E-state index in [9.17, 15) is 14.7 Å². The molecule has 31 heavy (non-hydrogen) atoms. The molecule has 0 aliphatic heterocycles. The number of thioether (sulfide) groups is 1. The van der Waals surface area contributed by atoms with Gasteiger partial charge in [-0.3, -0.25) is 10.1 Å². The molecule has 2 amide bonds. The zero-order valence-electron chi connectivity index (χ0n) is 17.5. The normalized spacial score (nSPS) is 18.7. The third-order valence-corrected chi connectivity index (χ3v) is 9.34. The van der Waals surface area contributed by atoms with Crippen molar-refractivity contribution in [3.05, 3.63) is 39.5 Å². The number of carbonyl (C=O) groups is 2. The maximum atomic E-state index is 12.7. The Balaban J connectivity index is 1.53. The van der Waals surface area contributed by atoms with Crippen LogP contribution < -0.4 is 5.32 Å². The average molecular weight is 547 g/mol. The van der Waals surface area contributed by atoms with E-state index in [1.807, 2.05) is 19.2 Å². The van der Waals surface area contributed by atoms with Gasteiger partial charge in [-0.05, 0) is 72.7 Å². The van der Waals surface area contributed by atoms with Gasteiger partial charge in [0.1, 0.15) is 0 Å². The summed E-state index contributed by atoms with van der Waals surface area (Å²) in [6, 6.07) is 6.02. The molecule has 0 radical (unpaired) electrons. The molecule has 1 aromatic heterocycles. The van der Waals surface area contributed by atoms with Gasteiger partial charge in [0.15, 0.2) is 5.13 Å². The van der Waals surface area contributed by atoms with E-state index < -0.39 is 11.4 Å². The summed E-state index contributed by atoms with van der Waals surface area (Å²) in [5, 5.41) is 13.3. The molecule has 3 rings (SSSR count). The van der Waals surface area contributed by atoms with Crippen LogP contribution in [0.1, 0.15) is 44.6 Å². The number of carboxylic acid groups (broad SMARTS) is 1. The number of amides is 2. The molecule has 1 aliphatic carbocycles. The van der Waals surface area contributed by atoms with Crippen LogP contribution in [0.5, 0.6) is 0 Å². The number of rotatable bonds is 7. The number of aromatic nitrogens is 1. The average Bonchev–Trinajstić information content (AvgIpc) is 3.37. The summed E-state index contributed by atoms with van der Waals surface area (Å²) in [7, 11) is 1.82. The minimum absolute atomic E-state index is 0.151. The zero-order chi connectivity index (χ0) is 22.8. The monoisotopic (exact) mass is 545 g/mol. The van der Waals surface area contributed by atoms with E-state index in [1.54, 1.807) is 24.9 Å². The first kappa shape index (κ1) is 24.4. The maximum Gasteiger partial charge on any atom is 0.323 e. The van der Waals surface area contributed by atoms with Crippen LogP contribution in [-0.2, 0) is 4.79 Å². The van der Waals surface area contributed by atoms with Crippen LogP contribution in [0, 0.1) is 5.41 Å². The molecule has 2 atom stereocenters. The molecular formula is C21H25BrClN3O3S2. The summed E-state index contributed by atoms with van der Waals surface area (Å²) in [6.07, 6.45) is 4.51. The molecule has 1 saturated carbocycles. The Morgan fingerprint density at radius 2 is 2.16 bits per heavy atom. The first-order valence-electron chi connectivity index (χ1n) is 9.87. The van der Waals surface area contributed by atoms with Crippen LogP contribution in [0.2, 0.25) is 5.02 Å². The lowest BCUT2D eigenvalue weighted by atomic mass is 9.97. The fourth-order valence-electron chi connectivity index (χ4n) is 3.42. The number of aliphatic carboxylic acids is 1. The van der Waals surface area contributed by atoms with E-state index in [2.05, 4.69) is 32.3 Å². The topological polar surface area (TPSA) is 82.5 Å². The Bertz CT molecular complexity index is 969. The van der Waals surface area contributed by atoms with Crippen molar-refractivity contribution in [2.45, 2.75) is 49.3 Å². The second-order valence-electron chi connectivity index (χ2n) is 8.34. The molecule has 2 N–H and O–H groups in total. The second-order valence-corrected chi connectivity index (χ2v) is 11.9. The number of nitrogens with one attached hydrogen (secondary N) is 1. The first-order valence-corrected chi connectivity index (χ1v) is 12.8. The zero-order valence-corrected chi connectivity index (χ0v) is 21.5. The van der Waals surface area contributed by atoms with Crippen molar-refractivity contribution in [1.82, 2.24) is 9.88 Å². The van der Waals surface area contributed by atoms with Gasteiger partial charge in [0.05, 0.1) is 20.8 Å². The number of anilines is 1. The van der Waals surface area contributed by atoms with E-state index in [4.69, 9.17) is 11.6 Å². The SMILES string of the molecule is CN(C(=O)Nc1ncc(SCC(C)(C)C(=O)O)s1)C1CCC(c2ccc(Br)c(Cl)c2)C1. The standard InChI is InChI=1S/C21H25BrClN3O3S2/c1-21(2,18(27)28)11-30-17-10-24-19(31-17)25-20(29)26(3)14-6-4-12(8-14)13-5-7-15(22)16(23)9-13/h5,7,9-10,12,14H,4,6,8,11H2,1-3H3,(H,27,28)(H,24,25,29). The van der Waals surface area contributed by atoms with E-state index in [0.29, 0.717) is 21.8 Å². The Morgan fingerprint density at radius 3 is 2.84 bits per heavy atom. The molecule has 0 bridgehead atoms. The smallest absolute Gasteiger partial charge is 0.323 e. The predicted octanol–water partition coefficient (Wildman–Crippen LogP) is 6.56. The van der Waals surface area contributed by atoms with E-state index >= 15 is 0 Å². The molecule has 168 valence electrons.